The highest BCUT2D eigenvalue weighted by molar-refractivity contribution is 6.17. The van der Waals surface area contributed by atoms with E-state index in [4.69, 9.17) is 4.74 Å². The third-order valence-corrected chi connectivity index (χ3v) is 4.93. The van der Waals surface area contributed by atoms with Crippen LogP contribution in [0.25, 0.3) is 10.8 Å². The molecule has 5 heteroatoms. The Morgan fingerprint density at radius 3 is 1.68 bits per heavy atom. The number of benzene rings is 4. The summed E-state index contributed by atoms with van der Waals surface area (Å²) in [5, 5.41) is 11.5. The first-order valence-electron chi connectivity index (χ1n) is 9.64. The molecule has 4 aromatic rings. The van der Waals surface area contributed by atoms with Crippen LogP contribution in [0.2, 0.25) is 0 Å². The maximum absolute atomic E-state index is 13.0. The summed E-state index contributed by atoms with van der Waals surface area (Å²) in [5.74, 6) is -1.44. The molecule has 4 rings (SSSR count). The molecule has 0 unspecified atom stereocenters. The molecule has 0 saturated carbocycles. The molecule has 0 fully saturated rings. The molecule has 0 amide bonds. The van der Waals surface area contributed by atoms with E-state index in [0.29, 0.717) is 21.9 Å². The Bertz CT molecular complexity index is 1310. The molecule has 0 atom stereocenters. The van der Waals surface area contributed by atoms with Crippen molar-refractivity contribution in [1.29, 1.82) is 0 Å². The van der Waals surface area contributed by atoms with Crippen LogP contribution < -0.4 is 4.74 Å². The van der Waals surface area contributed by atoms with Crippen molar-refractivity contribution in [3.05, 3.63) is 107 Å². The molecule has 0 bridgehead atoms. The lowest BCUT2D eigenvalue weighted by Gasteiger charge is -2.14. The van der Waals surface area contributed by atoms with E-state index in [9.17, 15) is 19.5 Å². The smallest absolute Gasteiger partial charge is 0.308 e. The summed E-state index contributed by atoms with van der Waals surface area (Å²) in [4.78, 5) is 37.6. The second-order valence-electron chi connectivity index (χ2n) is 6.98. The Morgan fingerprint density at radius 1 is 0.645 bits per heavy atom. The fraction of sp³-hybridized carbons (Fsp3) is 0.0385. The van der Waals surface area contributed by atoms with Crippen molar-refractivity contribution in [2.24, 2.45) is 0 Å². The van der Waals surface area contributed by atoms with E-state index < -0.39 is 5.97 Å². The van der Waals surface area contributed by atoms with Crippen LogP contribution in [0.1, 0.15) is 38.8 Å². The molecular weight excluding hydrogens is 392 g/mol. The highest BCUT2D eigenvalue weighted by atomic mass is 16.5. The molecule has 0 aromatic heterocycles. The van der Waals surface area contributed by atoms with Crippen molar-refractivity contribution < 1.29 is 24.2 Å². The van der Waals surface area contributed by atoms with Crippen molar-refractivity contribution in [3.63, 3.8) is 0 Å². The van der Waals surface area contributed by atoms with Crippen LogP contribution in [-0.4, -0.2) is 22.6 Å². The second kappa shape index (κ2) is 8.24. The standard InChI is InChI=1S/C26H18O5/c1-16(27)31-26-20-13-14-21(23(28)17-8-4-2-5-9-17)25(30)19(20)12-15-22(26)24(29)18-10-6-3-7-11-18/h2-15,30H,1H3. The molecule has 0 spiro atoms. The summed E-state index contributed by atoms with van der Waals surface area (Å²) in [7, 11) is 0. The van der Waals surface area contributed by atoms with Crippen molar-refractivity contribution in [1.82, 2.24) is 0 Å². The molecule has 1 N–H and O–H groups in total. The SMILES string of the molecule is CC(=O)Oc1c(C(=O)c2ccccc2)ccc2c(O)c(C(=O)c3ccccc3)ccc12. The van der Waals surface area contributed by atoms with E-state index in [1.165, 1.54) is 19.1 Å². The van der Waals surface area contributed by atoms with Gasteiger partial charge in [-0.05, 0) is 24.3 Å². The van der Waals surface area contributed by atoms with Gasteiger partial charge in [0, 0.05) is 28.8 Å². The molecular formula is C26H18O5. The summed E-state index contributed by atoms with van der Waals surface area (Å²) >= 11 is 0. The van der Waals surface area contributed by atoms with Crippen molar-refractivity contribution in [2.75, 3.05) is 0 Å². The highest BCUT2D eigenvalue weighted by Gasteiger charge is 2.22. The van der Waals surface area contributed by atoms with Gasteiger partial charge >= 0.3 is 5.97 Å². The molecule has 0 saturated heterocycles. The van der Waals surface area contributed by atoms with E-state index in [-0.39, 0.29) is 34.2 Å². The number of phenolic OH excluding ortho intramolecular Hbond substituents is 1. The van der Waals surface area contributed by atoms with Gasteiger partial charge in [0.25, 0.3) is 0 Å². The highest BCUT2D eigenvalue weighted by Crippen LogP contribution is 2.38. The zero-order chi connectivity index (χ0) is 22.0. The monoisotopic (exact) mass is 410 g/mol. The van der Waals surface area contributed by atoms with Crippen LogP contribution in [0.15, 0.2) is 84.9 Å². The van der Waals surface area contributed by atoms with E-state index in [1.54, 1.807) is 72.8 Å². The number of rotatable bonds is 5. The van der Waals surface area contributed by atoms with Gasteiger partial charge in [0.05, 0.1) is 11.1 Å². The Labute approximate surface area is 178 Å². The van der Waals surface area contributed by atoms with Gasteiger partial charge in [-0.1, -0.05) is 60.7 Å². The second-order valence-corrected chi connectivity index (χ2v) is 6.98. The van der Waals surface area contributed by atoms with Crippen LogP contribution in [-0.2, 0) is 4.79 Å². The maximum Gasteiger partial charge on any atom is 0.308 e. The van der Waals surface area contributed by atoms with E-state index in [1.807, 2.05) is 0 Å². The van der Waals surface area contributed by atoms with Gasteiger partial charge in [-0.3, -0.25) is 14.4 Å². The Kier molecular flexibility index (Phi) is 5.33. The molecule has 31 heavy (non-hydrogen) atoms. The first-order valence-corrected chi connectivity index (χ1v) is 9.64. The third kappa shape index (κ3) is 3.81. The number of hydrogen-bond acceptors (Lipinski definition) is 5. The number of carbonyl (C=O) groups is 3. The van der Waals surface area contributed by atoms with Gasteiger partial charge in [0.2, 0.25) is 0 Å². The average molecular weight is 410 g/mol. The lowest BCUT2D eigenvalue weighted by atomic mass is 9.94. The fourth-order valence-corrected chi connectivity index (χ4v) is 3.47. The number of aromatic hydroxyl groups is 1. The number of carbonyl (C=O) groups excluding carboxylic acids is 3. The largest absolute Gasteiger partial charge is 0.507 e. The van der Waals surface area contributed by atoms with Gasteiger partial charge < -0.3 is 9.84 Å². The number of fused-ring (bicyclic) bond motifs is 1. The average Bonchev–Trinajstić information content (AvgIpc) is 2.79. The number of phenols is 1. The van der Waals surface area contributed by atoms with Gasteiger partial charge in [-0.15, -0.1) is 0 Å². The Hall–Kier alpha value is -4.25. The number of ether oxygens (including phenoxy) is 1. The zero-order valence-corrected chi connectivity index (χ0v) is 16.7. The number of ketones is 2. The molecule has 0 aliphatic carbocycles. The molecule has 0 aliphatic rings. The van der Waals surface area contributed by atoms with E-state index >= 15 is 0 Å². The van der Waals surface area contributed by atoms with Crippen molar-refractivity contribution in [3.8, 4) is 11.5 Å². The third-order valence-electron chi connectivity index (χ3n) is 4.93. The minimum absolute atomic E-state index is 0.0489. The summed E-state index contributed by atoms with van der Waals surface area (Å²) in [5.41, 5.74) is 1.19. The first-order chi connectivity index (χ1) is 15.0. The molecule has 0 heterocycles. The van der Waals surface area contributed by atoms with E-state index in [0.717, 1.165) is 0 Å². The molecule has 0 radical (unpaired) electrons. The Morgan fingerprint density at radius 2 is 1.13 bits per heavy atom. The van der Waals surface area contributed by atoms with E-state index in [2.05, 4.69) is 0 Å². The van der Waals surface area contributed by atoms with Crippen LogP contribution in [0.4, 0.5) is 0 Å². The zero-order valence-electron chi connectivity index (χ0n) is 16.7. The normalized spacial score (nSPS) is 10.6. The molecule has 0 aliphatic heterocycles. The summed E-state index contributed by atoms with van der Waals surface area (Å²) in [6.07, 6.45) is 0. The number of hydrogen-bond donors (Lipinski definition) is 1. The number of esters is 1. The van der Waals surface area contributed by atoms with Crippen LogP contribution in [0.3, 0.4) is 0 Å². The lowest BCUT2D eigenvalue weighted by Crippen LogP contribution is -2.09. The summed E-state index contributed by atoms with van der Waals surface area (Å²) in [6, 6.07) is 23.3. The van der Waals surface area contributed by atoms with Crippen LogP contribution in [0, 0.1) is 0 Å². The summed E-state index contributed by atoms with van der Waals surface area (Å²) in [6.45, 7) is 1.24. The fourth-order valence-electron chi connectivity index (χ4n) is 3.47. The quantitative estimate of drug-likeness (QED) is 0.287. The Balaban J connectivity index is 1.88. The molecule has 152 valence electrons. The topological polar surface area (TPSA) is 80.7 Å². The minimum atomic E-state index is -0.599. The minimum Gasteiger partial charge on any atom is -0.507 e. The van der Waals surface area contributed by atoms with Crippen LogP contribution >= 0.6 is 0 Å². The van der Waals surface area contributed by atoms with Gasteiger partial charge in [-0.2, -0.15) is 0 Å². The van der Waals surface area contributed by atoms with Crippen molar-refractivity contribution >= 4 is 28.3 Å². The maximum atomic E-state index is 13.0. The lowest BCUT2D eigenvalue weighted by molar-refractivity contribution is -0.131. The first kappa shape index (κ1) is 20.0. The molecule has 5 nitrogen and oxygen atoms in total. The van der Waals surface area contributed by atoms with Gasteiger partial charge in [-0.25, -0.2) is 0 Å². The van der Waals surface area contributed by atoms with Crippen molar-refractivity contribution in [2.45, 2.75) is 6.92 Å². The predicted molar refractivity (Wildman–Crippen MR) is 117 cm³/mol. The van der Waals surface area contributed by atoms with Crippen LogP contribution in [0.5, 0.6) is 11.5 Å². The predicted octanol–water partition coefficient (Wildman–Crippen LogP) is 4.93. The van der Waals surface area contributed by atoms with Gasteiger partial charge in [0.15, 0.2) is 11.6 Å². The molecule has 4 aromatic carbocycles. The van der Waals surface area contributed by atoms with Gasteiger partial charge in [0.1, 0.15) is 11.5 Å². The summed E-state index contributed by atoms with van der Waals surface area (Å²) < 4.78 is 5.39.